The molecule has 0 fully saturated rings. The van der Waals surface area contributed by atoms with E-state index >= 15 is 0 Å². The third-order valence-electron chi connectivity index (χ3n) is 2.42. The Morgan fingerprint density at radius 1 is 1.55 bits per heavy atom. The second-order valence-electron chi connectivity index (χ2n) is 3.88. The molecule has 0 radical (unpaired) electrons. The molecule has 0 bridgehead atoms. The summed E-state index contributed by atoms with van der Waals surface area (Å²) in [5.41, 5.74) is 5.54. The van der Waals surface area contributed by atoms with E-state index in [1.54, 1.807) is 0 Å². The average molecular weight is 341 g/mol. The molecule has 9 nitrogen and oxygen atoms in total. The van der Waals surface area contributed by atoms with Crippen LogP contribution in [0, 0.1) is 10.1 Å². The van der Waals surface area contributed by atoms with E-state index in [0.29, 0.717) is 15.2 Å². The number of nitrogens with zero attached hydrogens (tertiary/aromatic N) is 3. The van der Waals surface area contributed by atoms with Gasteiger partial charge in [-0.05, 0) is 6.07 Å². The molecule has 1 amide bonds. The number of amides is 1. The second kappa shape index (κ2) is 7.04. The monoisotopic (exact) mass is 341 g/mol. The van der Waals surface area contributed by atoms with Gasteiger partial charge in [0.15, 0.2) is 4.34 Å². The minimum absolute atomic E-state index is 0.0699. The van der Waals surface area contributed by atoms with Gasteiger partial charge >= 0.3 is 0 Å². The Kier molecular flexibility index (Phi) is 5.12. The summed E-state index contributed by atoms with van der Waals surface area (Å²) >= 11 is 2.35. The van der Waals surface area contributed by atoms with Crippen LogP contribution in [0.15, 0.2) is 22.5 Å². The molecule has 1 aromatic carbocycles. The number of carbonyl (C=O) groups is 1. The van der Waals surface area contributed by atoms with Crippen molar-refractivity contribution >= 4 is 45.5 Å². The first kappa shape index (κ1) is 16.0. The summed E-state index contributed by atoms with van der Waals surface area (Å²) in [6.07, 6.45) is 0. The molecular weight excluding hydrogens is 330 g/mol. The number of thioether (sulfide) groups is 1. The topological polar surface area (TPSA) is 133 Å². The van der Waals surface area contributed by atoms with E-state index in [4.69, 9.17) is 10.5 Å². The van der Waals surface area contributed by atoms with E-state index in [2.05, 4.69) is 15.5 Å². The molecule has 22 heavy (non-hydrogen) atoms. The van der Waals surface area contributed by atoms with E-state index in [-0.39, 0.29) is 23.0 Å². The van der Waals surface area contributed by atoms with Crippen LogP contribution in [-0.4, -0.2) is 33.9 Å². The molecule has 11 heteroatoms. The summed E-state index contributed by atoms with van der Waals surface area (Å²) in [4.78, 5) is 22.1. The van der Waals surface area contributed by atoms with Gasteiger partial charge in [-0.15, -0.1) is 10.2 Å². The fourth-order valence-corrected chi connectivity index (χ4v) is 2.94. The lowest BCUT2D eigenvalue weighted by Gasteiger charge is -2.09. The number of nitro benzene ring substituents is 1. The van der Waals surface area contributed by atoms with Gasteiger partial charge in [0.25, 0.3) is 5.69 Å². The number of nitrogens with one attached hydrogen (secondary N) is 1. The molecule has 2 aromatic rings. The van der Waals surface area contributed by atoms with Crippen molar-refractivity contribution in [2.45, 2.75) is 4.34 Å². The Morgan fingerprint density at radius 3 is 2.91 bits per heavy atom. The van der Waals surface area contributed by atoms with Gasteiger partial charge < -0.3 is 15.8 Å². The zero-order valence-electron chi connectivity index (χ0n) is 11.3. The Balaban J connectivity index is 2.03. The highest BCUT2D eigenvalue weighted by molar-refractivity contribution is 8.01. The van der Waals surface area contributed by atoms with Gasteiger partial charge in [0.2, 0.25) is 11.0 Å². The number of rotatable bonds is 6. The van der Waals surface area contributed by atoms with Crippen LogP contribution >= 0.6 is 23.1 Å². The first-order valence-corrected chi connectivity index (χ1v) is 7.64. The van der Waals surface area contributed by atoms with Crippen LogP contribution in [0.3, 0.4) is 0 Å². The van der Waals surface area contributed by atoms with Crippen LogP contribution in [0.1, 0.15) is 0 Å². The number of anilines is 2. The summed E-state index contributed by atoms with van der Waals surface area (Å²) in [6.45, 7) is 0. The van der Waals surface area contributed by atoms with Gasteiger partial charge in [0.1, 0.15) is 5.75 Å². The van der Waals surface area contributed by atoms with Gasteiger partial charge in [-0.3, -0.25) is 14.9 Å². The van der Waals surface area contributed by atoms with E-state index in [9.17, 15) is 14.9 Å². The van der Waals surface area contributed by atoms with Gasteiger partial charge in [0.05, 0.1) is 23.5 Å². The molecule has 3 N–H and O–H groups in total. The SMILES string of the molecule is COc1ccc([N+](=O)[O-])cc1NC(=O)CSc1nnc(N)s1. The van der Waals surface area contributed by atoms with Crippen molar-refractivity contribution in [3.05, 3.63) is 28.3 Å². The highest BCUT2D eigenvalue weighted by Gasteiger charge is 2.14. The number of aromatic nitrogens is 2. The summed E-state index contributed by atoms with van der Waals surface area (Å²) < 4.78 is 5.63. The molecule has 1 heterocycles. The number of nitrogens with two attached hydrogens (primary N) is 1. The molecule has 0 aliphatic heterocycles. The predicted octanol–water partition coefficient (Wildman–Crippen LogP) is 1.77. The van der Waals surface area contributed by atoms with Crippen molar-refractivity contribution < 1.29 is 14.5 Å². The number of ether oxygens (including phenoxy) is 1. The molecule has 1 aromatic heterocycles. The van der Waals surface area contributed by atoms with Gasteiger partial charge in [-0.2, -0.15) is 0 Å². The number of hydrogen-bond donors (Lipinski definition) is 2. The number of hydrogen-bond acceptors (Lipinski definition) is 9. The maximum absolute atomic E-state index is 11.9. The number of nitro groups is 1. The first-order chi connectivity index (χ1) is 10.5. The molecule has 2 rings (SSSR count). The van der Waals surface area contributed by atoms with Crippen LogP contribution in [-0.2, 0) is 4.79 Å². The molecule has 116 valence electrons. The largest absolute Gasteiger partial charge is 0.495 e. The van der Waals surface area contributed by atoms with Crippen LogP contribution in [0.2, 0.25) is 0 Å². The standard InChI is InChI=1S/C11H11N5O4S2/c1-20-8-3-2-6(16(18)19)4-7(8)13-9(17)5-21-11-15-14-10(12)22-11/h2-4H,5H2,1H3,(H2,12,14)(H,13,17). The quantitative estimate of drug-likeness (QED) is 0.461. The number of methoxy groups -OCH3 is 1. The summed E-state index contributed by atoms with van der Waals surface area (Å²) in [5, 5.41) is 21.1. The van der Waals surface area contributed by atoms with Crippen molar-refractivity contribution in [1.29, 1.82) is 0 Å². The summed E-state index contributed by atoms with van der Waals surface area (Å²) in [5.74, 6) is 0.0576. The van der Waals surface area contributed by atoms with Gasteiger partial charge in [-0.25, -0.2) is 0 Å². The fourth-order valence-electron chi connectivity index (χ4n) is 1.50. The summed E-state index contributed by atoms with van der Waals surface area (Å²) in [7, 11) is 1.41. The number of carbonyl (C=O) groups excluding carboxylic acids is 1. The van der Waals surface area contributed by atoms with Crippen LogP contribution < -0.4 is 15.8 Å². The minimum atomic E-state index is -0.548. The molecule has 0 saturated carbocycles. The predicted molar refractivity (Wildman–Crippen MR) is 83.3 cm³/mol. The maximum Gasteiger partial charge on any atom is 0.271 e. The minimum Gasteiger partial charge on any atom is -0.495 e. The highest BCUT2D eigenvalue weighted by atomic mass is 32.2. The third kappa shape index (κ3) is 4.05. The summed E-state index contributed by atoms with van der Waals surface area (Å²) in [6, 6.07) is 3.96. The zero-order valence-corrected chi connectivity index (χ0v) is 12.9. The van der Waals surface area contributed by atoms with Crippen LogP contribution in [0.5, 0.6) is 5.75 Å². The molecular formula is C11H11N5O4S2. The van der Waals surface area contributed by atoms with Crippen molar-refractivity contribution in [1.82, 2.24) is 10.2 Å². The number of benzene rings is 1. The average Bonchev–Trinajstić information content (AvgIpc) is 2.90. The lowest BCUT2D eigenvalue weighted by molar-refractivity contribution is -0.384. The van der Waals surface area contributed by atoms with E-state index < -0.39 is 4.92 Å². The Bertz CT molecular complexity index is 706. The normalized spacial score (nSPS) is 10.2. The van der Waals surface area contributed by atoms with Crippen molar-refractivity contribution in [3.63, 3.8) is 0 Å². The molecule has 0 aliphatic carbocycles. The van der Waals surface area contributed by atoms with Crippen LogP contribution in [0.4, 0.5) is 16.5 Å². The Morgan fingerprint density at radius 2 is 2.32 bits per heavy atom. The number of nitrogen functional groups attached to an aromatic ring is 1. The van der Waals surface area contributed by atoms with Crippen LogP contribution in [0.25, 0.3) is 0 Å². The molecule has 0 aliphatic rings. The Labute approximate surface area is 133 Å². The number of non-ortho nitro benzene ring substituents is 1. The Hall–Kier alpha value is -2.40. The van der Waals surface area contributed by atoms with Gasteiger partial charge in [-0.1, -0.05) is 23.1 Å². The maximum atomic E-state index is 11.9. The highest BCUT2D eigenvalue weighted by Crippen LogP contribution is 2.29. The first-order valence-electron chi connectivity index (χ1n) is 5.83. The molecule has 0 atom stereocenters. The third-order valence-corrected chi connectivity index (χ3v) is 4.30. The molecule has 0 unspecified atom stereocenters. The lowest BCUT2D eigenvalue weighted by atomic mass is 10.2. The van der Waals surface area contributed by atoms with Crippen molar-refractivity contribution in [2.24, 2.45) is 0 Å². The van der Waals surface area contributed by atoms with Crippen molar-refractivity contribution in [3.8, 4) is 5.75 Å². The lowest BCUT2D eigenvalue weighted by Crippen LogP contribution is -2.14. The molecule has 0 saturated heterocycles. The van der Waals surface area contributed by atoms with E-state index in [1.165, 1.54) is 48.4 Å². The zero-order chi connectivity index (χ0) is 16.1. The second-order valence-corrected chi connectivity index (χ2v) is 6.12. The van der Waals surface area contributed by atoms with Crippen molar-refractivity contribution in [2.75, 3.05) is 23.9 Å². The van der Waals surface area contributed by atoms with Gasteiger partial charge in [0, 0.05) is 12.1 Å². The smallest absolute Gasteiger partial charge is 0.271 e. The molecule has 0 spiro atoms. The van der Waals surface area contributed by atoms with E-state index in [0.717, 1.165) is 0 Å². The fraction of sp³-hybridized carbons (Fsp3) is 0.182. The van der Waals surface area contributed by atoms with E-state index in [1.807, 2.05) is 0 Å².